The Bertz CT molecular complexity index is 1040. The molecule has 38 heavy (non-hydrogen) atoms. The standard InChI is InChI=1S/C27H42N6O4S/c1-20-8-9-22(21(2)18-20)19-37-25-23(24(28)35)26(38-31-25)30-27(36)29-10-6-4-3-5-7-11-32-12-14-33(15-13-32)16-17-34/h8-9,18,34H,3-7,10-17,19H2,1-2H3,(H2,28,35)(H2,29,30,36). The number of anilines is 1. The van der Waals surface area contributed by atoms with Crippen LogP contribution in [0.3, 0.4) is 0 Å². The summed E-state index contributed by atoms with van der Waals surface area (Å²) < 4.78 is 9.98. The van der Waals surface area contributed by atoms with Gasteiger partial charge in [-0.2, -0.15) is 4.37 Å². The van der Waals surface area contributed by atoms with Crippen molar-refractivity contribution >= 4 is 28.5 Å². The number of primary amides is 1. The number of carbonyl (C=O) groups is 2. The molecule has 1 fully saturated rings. The highest BCUT2D eigenvalue weighted by Gasteiger charge is 2.22. The molecule has 0 atom stereocenters. The van der Waals surface area contributed by atoms with Gasteiger partial charge in [-0.15, -0.1) is 0 Å². The van der Waals surface area contributed by atoms with Gasteiger partial charge >= 0.3 is 6.03 Å². The van der Waals surface area contributed by atoms with Gasteiger partial charge in [0.25, 0.3) is 5.91 Å². The molecule has 210 valence electrons. The predicted octanol–water partition coefficient (Wildman–Crippen LogP) is 3.12. The number of nitrogens with one attached hydrogen (secondary N) is 2. The summed E-state index contributed by atoms with van der Waals surface area (Å²) in [6.45, 7) is 11.2. The molecule has 5 N–H and O–H groups in total. The van der Waals surface area contributed by atoms with Crippen LogP contribution in [0.1, 0.15) is 59.2 Å². The molecular formula is C27H42N6O4S. The van der Waals surface area contributed by atoms with Crippen LogP contribution >= 0.6 is 11.5 Å². The van der Waals surface area contributed by atoms with Crippen molar-refractivity contribution in [1.82, 2.24) is 19.5 Å². The number of hydrogen-bond acceptors (Lipinski definition) is 8. The molecule has 1 aliphatic rings. The maximum absolute atomic E-state index is 12.4. The third-order valence-electron chi connectivity index (χ3n) is 6.81. The fraction of sp³-hybridized carbons (Fsp3) is 0.593. The highest BCUT2D eigenvalue weighted by molar-refractivity contribution is 7.11. The summed E-state index contributed by atoms with van der Waals surface area (Å²) >= 11 is 0.976. The minimum Gasteiger partial charge on any atom is -0.472 e. The molecule has 1 aliphatic heterocycles. The first-order valence-corrected chi connectivity index (χ1v) is 14.2. The van der Waals surface area contributed by atoms with Crippen LogP contribution in [-0.4, -0.2) is 83.6 Å². The van der Waals surface area contributed by atoms with E-state index in [9.17, 15) is 9.59 Å². The first-order valence-electron chi connectivity index (χ1n) is 13.5. The van der Waals surface area contributed by atoms with E-state index in [2.05, 4.69) is 30.9 Å². The Morgan fingerprint density at radius 3 is 2.42 bits per heavy atom. The molecule has 3 rings (SSSR count). The third kappa shape index (κ3) is 9.54. The van der Waals surface area contributed by atoms with E-state index in [0.29, 0.717) is 6.54 Å². The molecule has 10 nitrogen and oxygen atoms in total. The number of benzene rings is 1. The molecule has 3 amide bonds. The van der Waals surface area contributed by atoms with Gasteiger partial charge < -0.3 is 25.8 Å². The summed E-state index contributed by atoms with van der Waals surface area (Å²) in [5, 5.41) is 14.8. The second kappa shape index (κ2) is 15.6. The molecule has 0 aliphatic carbocycles. The monoisotopic (exact) mass is 546 g/mol. The zero-order valence-electron chi connectivity index (χ0n) is 22.6. The van der Waals surface area contributed by atoms with Gasteiger partial charge in [0.15, 0.2) is 0 Å². The number of rotatable bonds is 15. The number of ether oxygens (including phenoxy) is 1. The third-order valence-corrected chi connectivity index (χ3v) is 7.56. The van der Waals surface area contributed by atoms with Crippen LogP contribution in [0.15, 0.2) is 18.2 Å². The zero-order chi connectivity index (χ0) is 27.3. The first-order chi connectivity index (χ1) is 18.4. The van der Waals surface area contributed by atoms with Gasteiger partial charge in [-0.05, 0) is 55.9 Å². The van der Waals surface area contributed by atoms with Crippen LogP contribution in [0.5, 0.6) is 5.88 Å². The second-order valence-corrected chi connectivity index (χ2v) is 10.6. The van der Waals surface area contributed by atoms with E-state index in [1.807, 2.05) is 26.0 Å². The van der Waals surface area contributed by atoms with E-state index in [1.54, 1.807) is 0 Å². The van der Waals surface area contributed by atoms with Crippen molar-refractivity contribution in [3.8, 4) is 5.88 Å². The Labute approximate surface area is 229 Å². The fourth-order valence-corrected chi connectivity index (χ4v) is 5.28. The van der Waals surface area contributed by atoms with E-state index in [4.69, 9.17) is 15.6 Å². The number of β-amino-alcohol motifs (C(OH)–C–C–N with tert-alkyl or cyclic N) is 1. The maximum Gasteiger partial charge on any atom is 0.319 e. The van der Waals surface area contributed by atoms with Gasteiger partial charge in [-0.1, -0.05) is 43.0 Å². The molecule has 2 heterocycles. The molecule has 1 saturated heterocycles. The quantitative estimate of drug-likeness (QED) is 0.252. The zero-order valence-corrected chi connectivity index (χ0v) is 23.4. The Balaban J connectivity index is 1.31. The molecule has 1 aromatic carbocycles. The van der Waals surface area contributed by atoms with Gasteiger partial charge in [-0.25, -0.2) is 4.79 Å². The SMILES string of the molecule is Cc1ccc(COc2nsc(NC(=O)NCCCCCCCN3CCN(CCO)CC3)c2C(N)=O)c(C)c1. The Morgan fingerprint density at radius 2 is 1.74 bits per heavy atom. The normalized spacial score (nSPS) is 14.4. The Kier molecular flexibility index (Phi) is 12.3. The number of aryl methyl sites for hydroxylation is 2. The summed E-state index contributed by atoms with van der Waals surface area (Å²) in [6, 6.07) is 5.66. The van der Waals surface area contributed by atoms with Gasteiger partial charge in [-0.3, -0.25) is 15.0 Å². The minimum absolute atomic E-state index is 0.0877. The molecule has 0 radical (unpaired) electrons. The number of aliphatic hydroxyl groups excluding tert-OH is 1. The van der Waals surface area contributed by atoms with Gasteiger partial charge in [0.2, 0.25) is 5.88 Å². The number of urea groups is 1. The average molecular weight is 547 g/mol. The number of nitrogens with zero attached hydrogens (tertiary/aromatic N) is 3. The number of hydrogen-bond donors (Lipinski definition) is 4. The number of nitrogens with two attached hydrogens (primary N) is 1. The van der Waals surface area contributed by atoms with Gasteiger partial charge in [0.1, 0.15) is 17.2 Å². The van der Waals surface area contributed by atoms with E-state index in [1.165, 1.54) is 12.8 Å². The molecule has 0 saturated carbocycles. The Morgan fingerprint density at radius 1 is 1.05 bits per heavy atom. The summed E-state index contributed by atoms with van der Waals surface area (Å²) in [4.78, 5) is 29.2. The van der Waals surface area contributed by atoms with Crippen molar-refractivity contribution in [3.05, 3.63) is 40.5 Å². The largest absolute Gasteiger partial charge is 0.472 e. The lowest BCUT2D eigenvalue weighted by Gasteiger charge is -2.34. The molecule has 0 unspecified atom stereocenters. The van der Waals surface area contributed by atoms with Gasteiger partial charge in [0, 0.05) is 39.3 Å². The van der Waals surface area contributed by atoms with E-state index >= 15 is 0 Å². The smallest absolute Gasteiger partial charge is 0.319 e. The molecule has 0 bridgehead atoms. The molecule has 1 aromatic heterocycles. The minimum atomic E-state index is -0.697. The van der Waals surface area contributed by atoms with Crippen molar-refractivity contribution in [1.29, 1.82) is 0 Å². The lowest BCUT2D eigenvalue weighted by Crippen LogP contribution is -2.47. The highest BCUT2D eigenvalue weighted by Crippen LogP contribution is 2.31. The molecule has 2 aromatic rings. The summed E-state index contributed by atoms with van der Waals surface area (Å²) in [5.74, 6) is -0.568. The van der Waals surface area contributed by atoms with Crippen LogP contribution in [-0.2, 0) is 6.61 Å². The fourth-order valence-electron chi connectivity index (χ4n) is 4.55. The highest BCUT2D eigenvalue weighted by atomic mass is 32.1. The number of aliphatic hydroxyl groups is 1. The maximum atomic E-state index is 12.4. The van der Waals surface area contributed by atoms with Crippen LogP contribution in [0.2, 0.25) is 0 Å². The van der Waals surface area contributed by atoms with Crippen LogP contribution in [0.25, 0.3) is 0 Å². The lowest BCUT2D eigenvalue weighted by atomic mass is 10.1. The van der Waals surface area contributed by atoms with Crippen LogP contribution < -0.4 is 21.1 Å². The van der Waals surface area contributed by atoms with Crippen molar-refractivity contribution in [2.75, 3.05) is 57.7 Å². The summed E-state index contributed by atoms with van der Waals surface area (Å²) in [7, 11) is 0. The lowest BCUT2D eigenvalue weighted by molar-refractivity contribution is 0.0996. The summed E-state index contributed by atoms with van der Waals surface area (Å²) in [5.41, 5.74) is 8.89. The van der Waals surface area contributed by atoms with Crippen molar-refractivity contribution < 1.29 is 19.4 Å². The van der Waals surface area contributed by atoms with E-state index < -0.39 is 11.9 Å². The molecule has 0 spiro atoms. The molecular weight excluding hydrogens is 504 g/mol. The van der Waals surface area contributed by atoms with E-state index in [0.717, 1.165) is 86.8 Å². The second-order valence-electron chi connectivity index (χ2n) is 9.83. The summed E-state index contributed by atoms with van der Waals surface area (Å²) in [6.07, 6.45) is 5.44. The molecule has 11 heteroatoms. The van der Waals surface area contributed by atoms with Crippen LogP contribution in [0, 0.1) is 13.8 Å². The number of aromatic nitrogens is 1. The Hall–Kier alpha value is -2.73. The van der Waals surface area contributed by atoms with E-state index in [-0.39, 0.29) is 29.7 Å². The number of amides is 3. The topological polar surface area (TPSA) is 133 Å². The van der Waals surface area contributed by atoms with Crippen LogP contribution in [0.4, 0.5) is 9.80 Å². The number of carbonyl (C=O) groups excluding carboxylic acids is 2. The average Bonchev–Trinajstić information content (AvgIpc) is 3.28. The first kappa shape index (κ1) is 29.8. The van der Waals surface area contributed by atoms with Gasteiger partial charge in [0.05, 0.1) is 6.61 Å². The van der Waals surface area contributed by atoms with Crippen molar-refractivity contribution in [2.45, 2.75) is 52.6 Å². The predicted molar refractivity (Wildman–Crippen MR) is 151 cm³/mol. The van der Waals surface area contributed by atoms with Crippen molar-refractivity contribution in [3.63, 3.8) is 0 Å². The number of piperazine rings is 1. The van der Waals surface area contributed by atoms with Crippen molar-refractivity contribution in [2.24, 2.45) is 5.73 Å². The number of unbranched alkanes of at least 4 members (excludes halogenated alkanes) is 4.